The molecule has 3 rings (SSSR count). The third kappa shape index (κ3) is 3.60. The molecule has 0 amide bonds. The number of benzene rings is 2. The van der Waals surface area contributed by atoms with E-state index in [0.717, 1.165) is 17.8 Å². The van der Waals surface area contributed by atoms with E-state index < -0.39 is 11.7 Å². The van der Waals surface area contributed by atoms with Gasteiger partial charge in [-0.1, -0.05) is 18.2 Å². The summed E-state index contributed by atoms with van der Waals surface area (Å²) >= 11 is 0. The molecule has 1 heterocycles. The Morgan fingerprint density at radius 1 is 0.958 bits per heavy atom. The first-order chi connectivity index (χ1) is 11.5. The van der Waals surface area contributed by atoms with Gasteiger partial charge >= 0.3 is 6.18 Å². The zero-order valence-corrected chi connectivity index (χ0v) is 12.3. The summed E-state index contributed by atoms with van der Waals surface area (Å²) in [6.07, 6.45) is -1.15. The zero-order chi connectivity index (χ0) is 17.0. The quantitative estimate of drug-likeness (QED) is 0.791. The number of alkyl halides is 3. The van der Waals surface area contributed by atoms with Crippen LogP contribution >= 0.6 is 0 Å². The van der Waals surface area contributed by atoms with E-state index in [1.807, 2.05) is 30.3 Å². The van der Waals surface area contributed by atoms with Gasteiger partial charge in [-0.05, 0) is 46.8 Å². The molecule has 0 unspecified atom stereocenters. The largest absolute Gasteiger partial charge is 0.416 e. The molecular weight excluding hydrogens is 319 g/mol. The number of para-hydroxylation sites is 1. The lowest BCUT2D eigenvalue weighted by Gasteiger charge is -2.07. The number of tetrazole rings is 1. The van der Waals surface area contributed by atoms with Gasteiger partial charge in [0.05, 0.1) is 11.3 Å². The molecule has 0 fully saturated rings. The highest BCUT2D eigenvalue weighted by Crippen LogP contribution is 2.29. The maximum atomic E-state index is 12.5. The average molecular weight is 331 g/mol. The second-order valence-electron chi connectivity index (χ2n) is 4.84. The number of halogens is 3. The van der Waals surface area contributed by atoms with Crippen LogP contribution in [0.4, 0.5) is 18.9 Å². The van der Waals surface area contributed by atoms with Crippen molar-refractivity contribution < 1.29 is 13.2 Å². The summed E-state index contributed by atoms with van der Waals surface area (Å²) in [5, 5.41) is 14.3. The van der Waals surface area contributed by atoms with E-state index in [1.165, 1.54) is 12.1 Å². The highest BCUT2D eigenvalue weighted by molar-refractivity contribution is 5.53. The van der Waals surface area contributed by atoms with Crippen LogP contribution in [0, 0.1) is 0 Å². The first-order valence-electron chi connectivity index (χ1n) is 6.98. The van der Waals surface area contributed by atoms with Crippen LogP contribution in [0.3, 0.4) is 0 Å². The van der Waals surface area contributed by atoms with Crippen molar-refractivity contribution in [3.63, 3.8) is 0 Å². The number of rotatable bonds is 4. The van der Waals surface area contributed by atoms with Gasteiger partial charge in [-0.25, -0.2) is 0 Å². The van der Waals surface area contributed by atoms with E-state index in [-0.39, 0.29) is 0 Å². The van der Waals surface area contributed by atoms with Crippen LogP contribution in [0.1, 0.15) is 11.4 Å². The van der Waals surface area contributed by atoms with E-state index in [1.54, 1.807) is 17.0 Å². The van der Waals surface area contributed by atoms with E-state index in [9.17, 15) is 13.2 Å². The van der Waals surface area contributed by atoms with Crippen molar-refractivity contribution in [1.82, 2.24) is 20.2 Å². The molecule has 0 radical (unpaired) electrons. The molecule has 1 aromatic heterocycles. The third-order valence-electron chi connectivity index (χ3n) is 3.19. The monoisotopic (exact) mass is 331 g/mol. The zero-order valence-electron chi connectivity index (χ0n) is 12.3. The molecular formula is C16H12F3N5. The Morgan fingerprint density at radius 3 is 2.33 bits per heavy atom. The summed E-state index contributed by atoms with van der Waals surface area (Å²) in [4.78, 5) is 0. The van der Waals surface area contributed by atoms with Gasteiger partial charge in [-0.3, -0.25) is 0 Å². The van der Waals surface area contributed by atoms with Crippen molar-refractivity contribution in [3.8, 4) is 5.69 Å². The summed E-state index contributed by atoms with van der Waals surface area (Å²) in [6.45, 7) is 0. The average Bonchev–Trinajstić information content (AvgIpc) is 3.04. The Kier molecular flexibility index (Phi) is 4.28. The molecule has 8 heteroatoms. The van der Waals surface area contributed by atoms with Crippen LogP contribution in [-0.2, 0) is 6.18 Å². The van der Waals surface area contributed by atoms with Gasteiger partial charge in [0, 0.05) is 18.0 Å². The number of hydrogen-bond acceptors (Lipinski definition) is 4. The fraction of sp³-hybridized carbons (Fsp3) is 0.0625. The molecule has 3 aromatic rings. The van der Waals surface area contributed by atoms with E-state index in [0.29, 0.717) is 11.5 Å². The van der Waals surface area contributed by atoms with Crippen LogP contribution in [-0.4, -0.2) is 20.2 Å². The Balaban J connectivity index is 1.71. The van der Waals surface area contributed by atoms with Crippen LogP contribution in [0.5, 0.6) is 0 Å². The molecule has 2 aromatic carbocycles. The Labute approximate surface area is 135 Å². The molecule has 0 aliphatic carbocycles. The fourth-order valence-corrected chi connectivity index (χ4v) is 2.02. The highest BCUT2D eigenvalue weighted by atomic mass is 19.4. The minimum absolute atomic E-state index is 0.487. The Morgan fingerprint density at radius 2 is 1.67 bits per heavy atom. The number of nitrogens with zero attached hydrogens (tertiary/aromatic N) is 4. The lowest BCUT2D eigenvalue weighted by molar-refractivity contribution is -0.137. The van der Waals surface area contributed by atoms with Crippen LogP contribution < -0.4 is 5.32 Å². The van der Waals surface area contributed by atoms with E-state index in [4.69, 9.17) is 0 Å². The van der Waals surface area contributed by atoms with Gasteiger partial charge in [0.2, 0.25) is 0 Å². The number of aromatic nitrogens is 4. The van der Waals surface area contributed by atoms with Gasteiger partial charge in [0.25, 0.3) is 0 Å². The van der Waals surface area contributed by atoms with Gasteiger partial charge in [0.1, 0.15) is 0 Å². The molecule has 0 spiro atoms. The second kappa shape index (κ2) is 6.53. The molecule has 0 saturated carbocycles. The lowest BCUT2D eigenvalue weighted by Crippen LogP contribution is -2.04. The molecule has 1 N–H and O–H groups in total. The van der Waals surface area contributed by atoms with Gasteiger partial charge < -0.3 is 5.32 Å². The minimum Gasteiger partial charge on any atom is -0.362 e. The normalized spacial score (nSPS) is 11.8. The van der Waals surface area contributed by atoms with Crippen LogP contribution in [0.15, 0.2) is 60.8 Å². The van der Waals surface area contributed by atoms with Crippen molar-refractivity contribution in [2.45, 2.75) is 6.18 Å². The van der Waals surface area contributed by atoms with Crippen molar-refractivity contribution >= 4 is 11.8 Å². The number of nitrogens with one attached hydrogen (secondary N) is 1. The predicted molar refractivity (Wildman–Crippen MR) is 83.3 cm³/mol. The summed E-state index contributed by atoms with van der Waals surface area (Å²) in [5.41, 5.74) is 0.639. The lowest BCUT2D eigenvalue weighted by atomic mass is 10.2. The summed E-state index contributed by atoms with van der Waals surface area (Å²) < 4.78 is 39.1. The van der Waals surface area contributed by atoms with Gasteiger partial charge in [-0.15, -0.1) is 5.10 Å². The van der Waals surface area contributed by atoms with Gasteiger partial charge in [-0.2, -0.15) is 17.9 Å². The van der Waals surface area contributed by atoms with Crippen molar-refractivity contribution in [1.29, 1.82) is 0 Å². The maximum absolute atomic E-state index is 12.5. The van der Waals surface area contributed by atoms with Crippen molar-refractivity contribution in [2.24, 2.45) is 0 Å². The topological polar surface area (TPSA) is 55.6 Å². The molecule has 122 valence electrons. The van der Waals surface area contributed by atoms with Crippen molar-refractivity contribution in [2.75, 3.05) is 5.32 Å². The molecule has 24 heavy (non-hydrogen) atoms. The van der Waals surface area contributed by atoms with Crippen molar-refractivity contribution in [3.05, 3.63) is 72.2 Å². The molecule has 5 nitrogen and oxygen atoms in total. The van der Waals surface area contributed by atoms with Crippen LogP contribution in [0.25, 0.3) is 11.8 Å². The maximum Gasteiger partial charge on any atom is 0.416 e. The fourth-order valence-electron chi connectivity index (χ4n) is 2.02. The first-order valence-corrected chi connectivity index (χ1v) is 6.98. The van der Waals surface area contributed by atoms with E-state index >= 15 is 0 Å². The molecule has 0 aliphatic rings. The smallest absolute Gasteiger partial charge is 0.362 e. The molecule has 0 bridgehead atoms. The van der Waals surface area contributed by atoms with Crippen LogP contribution in [0.2, 0.25) is 0 Å². The molecule has 0 aliphatic heterocycles. The predicted octanol–water partition coefficient (Wildman–Crippen LogP) is 3.76. The highest BCUT2D eigenvalue weighted by Gasteiger charge is 2.29. The number of hydrogen-bond donors (Lipinski definition) is 1. The third-order valence-corrected chi connectivity index (χ3v) is 3.19. The number of anilines is 1. The standard InChI is InChI=1S/C16H12F3N5/c17-16(18,19)12-6-8-13(9-7-12)20-11-10-15-21-22-23-24(15)14-4-2-1-3-5-14/h1-11,20H/b11-10+. The molecule has 0 atom stereocenters. The summed E-state index contributed by atoms with van der Waals surface area (Å²) in [6, 6.07) is 14.1. The van der Waals surface area contributed by atoms with Gasteiger partial charge in [0.15, 0.2) is 5.82 Å². The van der Waals surface area contributed by atoms with E-state index in [2.05, 4.69) is 20.8 Å². The molecule has 0 saturated heterocycles. The minimum atomic E-state index is -4.34. The summed E-state index contributed by atoms with van der Waals surface area (Å²) in [7, 11) is 0. The Bertz CT molecular complexity index is 823. The second-order valence-corrected chi connectivity index (χ2v) is 4.84. The Hall–Kier alpha value is -3.16. The summed E-state index contributed by atoms with van der Waals surface area (Å²) in [5.74, 6) is 0.487. The SMILES string of the molecule is FC(F)(F)c1ccc(N/C=C/c2nnnn2-c2ccccc2)cc1. The first kappa shape index (κ1) is 15.7.